The number of amides is 1. The fourth-order valence-electron chi connectivity index (χ4n) is 2.04. The van der Waals surface area contributed by atoms with Crippen LogP contribution in [0.15, 0.2) is 12.1 Å². The predicted molar refractivity (Wildman–Crippen MR) is 69.8 cm³/mol. The van der Waals surface area contributed by atoms with E-state index >= 15 is 0 Å². The molecule has 0 aromatic heterocycles. The number of phenols is 1. The van der Waals surface area contributed by atoms with Crippen molar-refractivity contribution in [3.05, 3.63) is 17.9 Å². The smallest absolute Gasteiger partial charge is 0.326 e. The lowest BCUT2D eigenvalue weighted by atomic mass is 10.2. The lowest BCUT2D eigenvalue weighted by molar-refractivity contribution is -0.117. The van der Waals surface area contributed by atoms with Gasteiger partial charge in [0, 0.05) is 13.1 Å². The van der Waals surface area contributed by atoms with Crippen LogP contribution in [-0.4, -0.2) is 45.2 Å². The van der Waals surface area contributed by atoms with Crippen LogP contribution in [0.1, 0.15) is 0 Å². The Bertz CT molecular complexity index is 704. The normalized spacial score (nSPS) is 21.0. The Morgan fingerprint density at radius 3 is 2.62 bits per heavy atom. The van der Waals surface area contributed by atoms with Gasteiger partial charge in [0.2, 0.25) is 0 Å². The molecule has 10 heteroatoms. The van der Waals surface area contributed by atoms with Gasteiger partial charge in [-0.25, -0.2) is 13.4 Å². The Balaban J connectivity index is 2.01. The average molecular weight is 317 g/mol. The Labute approximate surface area is 119 Å². The molecular weight excluding hydrogens is 305 g/mol. The Morgan fingerprint density at radius 2 is 2.10 bits per heavy atom. The van der Waals surface area contributed by atoms with Gasteiger partial charge in [0.1, 0.15) is 24.1 Å². The maximum Gasteiger partial charge on any atom is 0.326 e. The number of carbonyl (C=O) groups is 1. The molecule has 0 saturated carbocycles. The van der Waals surface area contributed by atoms with Gasteiger partial charge in [-0.1, -0.05) is 0 Å². The summed E-state index contributed by atoms with van der Waals surface area (Å²) in [6.07, 6.45) is -0.216. The minimum Gasteiger partial charge on any atom is -0.506 e. The molecule has 1 amide bonds. The van der Waals surface area contributed by atoms with E-state index in [9.17, 15) is 22.7 Å². The molecule has 2 aliphatic heterocycles. The second-order valence-electron chi connectivity index (χ2n) is 4.68. The third-order valence-electron chi connectivity index (χ3n) is 3.17. The fourth-order valence-corrected chi connectivity index (χ4v) is 3.20. The molecule has 8 nitrogen and oxygen atoms in total. The van der Waals surface area contributed by atoms with Crippen LogP contribution in [0.4, 0.5) is 10.1 Å². The van der Waals surface area contributed by atoms with E-state index in [0.717, 1.165) is 6.07 Å². The topological polar surface area (TPSA) is 108 Å². The number of rotatable bonds is 3. The lowest BCUT2D eigenvalue weighted by Crippen LogP contribution is -2.50. The van der Waals surface area contributed by atoms with Gasteiger partial charge in [-0.2, -0.15) is 8.42 Å². The summed E-state index contributed by atoms with van der Waals surface area (Å²) in [7, 11) is -4.21. The molecule has 0 bridgehead atoms. The number of nitrogens with zero attached hydrogens (tertiary/aromatic N) is 1. The molecule has 0 spiro atoms. The minimum atomic E-state index is -4.21. The molecule has 0 unspecified atom stereocenters. The first-order valence-electron chi connectivity index (χ1n) is 6.10. The fraction of sp³-hybridized carbons (Fsp3) is 0.364. The van der Waals surface area contributed by atoms with Crippen molar-refractivity contribution in [2.45, 2.75) is 6.10 Å². The summed E-state index contributed by atoms with van der Waals surface area (Å²) in [5.74, 6) is -2.60. The zero-order chi connectivity index (χ0) is 15.2. The molecule has 114 valence electrons. The molecule has 0 aliphatic carbocycles. The van der Waals surface area contributed by atoms with Crippen LogP contribution in [0.2, 0.25) is 0 Å². The van der Waals surface area contributed by atoms with Gasteiger partial charge in [-0.15, -0.1) is 0 Å². The van der Waals surface area contributed by atoms with Gasteiger partial charge in [-0.3, -0.25) is 4.79 Å². The van der Waals surface area contributed by atoms with E-state index in [1.54, 1.807) is 4.72 Å². The van der Waals surface area contributed by atoms with E-state index in [-0.39, 0.29) is 11.9 Å². The highest BCUT2D eigenvalue weighted by molar-refractivity contribution is 7.92. The lowest BCUT2D eigenvalue weighted by Gasteiger charge is -2.28. The molecule has 2 saturated heterocycles. The van der Waals surface area contributed by atoms with Crippen LogP contribution < -0.4 is 19.1 Å². The number of carbonyl (C=O) groups excluding carboxylic acids is 1. The van der Waals surface area contributed by atoms with Crippen LogP contribution in [0.3, 0.4) is 0 Å². The molecule has 2 heterocycles. The van der Waals surface area contributed by atoms with Crippen molar-refractivity contribution in [1.82, 2.24) is 10.0 Å². The third-order valence-corrected chi connectivity index (χ3v) is 4.54. The van der Waals surface area contributed by atoms with Crippen molar-refractivity contribution >= 4 is 21.8 Å². The number of benzene rings is 1. The van der Waals surface area contributed by atoms with Gasteiger partial charge >= 0.3 is 10.2 Å². The van der Waals surface area contributed by atoms with Crippen LogP contribution in [-0.2, 0) is 15.0 Å². The number of phenolic OH excluding ortho intramolecular Hbond substituents is 1. The summed E-state index contributed by atoms with van der Waals surface area (Å²) >= 11 is 0. The van der Waals surface area contributed by atoms with Crippen molar-refractivity contribution in [2.75, 3.05) is 23.9 Å². The van der Waals surface area contributed by atoms with E-state index in [2.05, 4.69) is 5.32 Å². The van der Waals surface area contributed by atoms with Crippen LogP contribution in [0, 0.1) is 5.82 Å². The molecule has 1 aromatic carbocycles. The van der Waals surface area contributed by atoms with Crippen LogP contribution in [0.5, 0.6) is 11.5 Å². The second kappa shape index (κ2) is 4.74. The third kappa shape index (κ3) is 2.36. The Morgan fingerprint density at radius 1 is 1.38 bits per heavy atom. The molecule has 2 aliphatic rings. The zero-order valence-corrected chi connectivity index (χ0v) is 11.5. The highest BCUT2D eigenvalue weighted by Crippen LogP contribution is 2.38. The molecule has 0 radical (unpaired) electrons. The van der Waals surface area contributed by atoms with E-state index in [1.165, 1.54) is 6.07 Å². The van der Waals surface area contributed by atoms with Crippen molar-refractivity contribution in [2.24, 2.45) is 0 Å². The minimum absolute atomic E-state index is 0.177. The van der Waals surface area contributed by atoms with Crippen LogP contribution >= 0.6 is 0 Å². The molecule has 2 fully saturated rings. The standard InChI is InChI=1S/C11H12FN3O5S/c12-10-8(20-6-3-13-4-6)2-1-7(16)11(10)15-5-9(17)14-21(15,18)19/h1-2,6,13,16H,3-5H2,(H,14,17). The summed E-state index contributed by atoms with van der Waals surface area (Å²) in [5.41, 5.74) is -0.599. The molecular formula is C11H12FN3O5S. The van der Waals surface area contributed by atoms with Gasteiger partial charge in [-0.05, 0) is 12.1 Å². The average Bonchev–Trinajstić information content (AvgIpc) is 2.60. The van der Waals surface area contributed by atoms with Crippen molar-refractivity contribution in [3.63, 3.8) is 0 Å². The number of anilines is 1. The number of hydrogen-bond donors (Lipinski definition) is 3. The summed E-state index contributed by atoms with van der Waals surface area (Å²) in [4.78, 5) is 11.2. The Kier molecular flexibility index (Phi) is 3.14. The SMILES string of the molecule is O=C1CN(c2c(O)ccc(OC3CNC3)c2F)S(=O)(=O)N1. The summed E-state index contributed by atoms with van der Waals surface area (Å²) in [6.45, 7) is 0.511. The second-order valence-corrected chi connectivity index (χ2v) is 6.28. The molecule has 3 rings (SSSR count). The van der Waals surface area contributed by atoms with Gasteiger partial charge in [0.25, 0.3) is 5.91 Å². The first-order valence-corrected chi connectivity index (χ1v) is 7.54. The highest BCUT2D eigenvalue weighted by atomic mass is 32.2. The maximum atomic E-state index is 14.4. The molecule has 3 N–H and O–H groups in total. The van der Waals surface area contributed by atoms with Crippen molar-refractivity contribution in [3.8, 4) is 11.5 Å². The molecule has 21 heavy (non-hydrogen) atoms. The number of ether oxygens (including phenoxy) is 1. The molecule has 1 aromatic rings. The van der Waals surface area contributed by atoms with E-state index < -0.39 is 39.9 Å². The zero-order valence-electron chi connectivity index (χ0n) is 10.7. The number of aromatic hydroxyl groups is 1. The van der Waals surface area contributed by atoms with Gasteiger partial charge < -0.3 is 15.2 Å². The van der Waals surface area contributed by atoms with Crippen LogP contribution in [0.25, 0.3) is 0 Å². The van der Waals surface area contributed by atoms with E-state index in [4.69, 9.17) is 4.74 Å². The number of hydrogen-bond acceptors (Lipinski definition) is 6. The Hall–Kier alpha value is -2.07. The highest BCUT2D eigenvalue weighted by Gasteiger charge is 2.38. The van der Waals surface area contributed by atoms with E-state index in [0.29, 0.717) is 17.4 Å². The first-order chi connectivity index (χ1) is 9.88. The summed E-state index contributed by atoms with van der Waals surface area (Å²) in [6, 6.07) is 2.34. The van der Waals surface area contributed by atoms with Gasteiger partial charge in [0.15, 0.2) is 11.6 Å². The number of nitrogens with one attached hydrogen (secondary N) is 2. The molecule has 0 atom stereocenters. The monoisotopic (exact) mass is 317 g/mol. The summed E-state index contributed by atoms with van der Waals surface area (Å²) < 4.78 is 45.5. The van der Waals surface area contributed by atoms with Gasteiger partial charge in [0.05, 0.1) is 0 Å². The number of halogens is 1. The largest absolute Gasteiger partial charge is 0.506 e. The first kappa shape index (κ1) is 13.9. The quantitative estimate of drug-likeness (QED) is 0.664. The van der Waals surface area contributed by atoms with Crippen molar-refractivity contribution < 1.29 is 27.4 Å². The maximum absolute atomic E-state index is 14.4. The van der Waals surface area contributed by atoms with Crippen molar-refractivity contribution in [1.29, 1.82) is 0 Å². The predicted octanol–water partition coefficient (Wildman–Crippen LogP) is -0.937. The van der Waals surface area contributed by atoms with E-state index in [1.807, 2.05) is 0 Å². The summed E-state index contributed by atoms with van der Waals surface area (Å²) in [5, 5.41) is 12.7.